The fourth-order valence-electron chi connectivity index (χ4n) is 2.49. The van der Waals surface area contributed by atoms with Crippen LogP contribution in [0.3, 0.4) is 0 Å². The molecule has 0 fully saturated rings. The van der Waals surface area contributed by atoms with E-state index in [2.05, 4.69) is 29.7 Å². The van der Waals surface area contributed by atoms with E-state index in [1.165, 1.54) is 9.75 Å². The first-order valence-corrected chi connectivity index (χ1v) is 7.85. The Hall–Kier alpha value is -1.85. The van der Waals surface area contributed by atoms with Crippen LogP contribution >= 0.6 is 11.3 Å². The van der Waals surface area contributed by atoms with Crippen molar-refractivity contribution in [2.45, 2.75) is 19.4 Å². The Bertz CT molecular complexity index is 666. The molecule has 1 aliphatic rings. The lowest BCUT2D eigenvalue weighted by Gasteiger charge is -2.21. The molecule has 0 saturated carbocycles. The van der Waals surface area contributed by atoms with E-state index in [-0.39, 0.29) is 18.6 Å². The van der Waals surface area contributed by atoms with Crippen LogP contribution in [-0.2, 0) is 11.2 Å². The molecule has 1 atom stereocenters. The third kappa shape index (κ3) is 2.80. The summed E-state index contributed by atoms with van der Waals surface area (Å²) < 4.78 is 5.40. The quantitative estimate of drug-likeness (QED) is 0.913. The summed E-state index contributed by atoms with van der Waals surface area (Å²) in [6.45, 7) is 2.25. The standard InChI is InChI=1S/C16H18N2O2S/c1-3-11-5-7-14(21-11)16(17-2)10-4-6-13-12(8-10)18-15(19)9-20-13/h4-8,16-17H,3,9H2,1-2H3,(H,18,19). The second kappa shape index (κ2) is 5.87. The Morgan fingerprint density at radius 3 is 2.95 bits per heavy atom. The van der Waals surface area contributed by atoms with Gasteiger partial charge in [-0.3, -0.25) is 4.79 Å². The zero-order chi connectivity index (χ0) is 14.8. The summed E-state index contributed by atoms with van der Waals surface area (Å²) in [5.74, 6) is 0.624. The third-order valence-electron chi connectivity index (χ3n) is 3.57. The summed E-state index contributed by atoms with van der Waals surface area (Å²) in [6.07, 6.45) is 1.05. The maximum absolute atomic E-state index is 11.4. The molecular formula is C16H18N2O2S. The number of ether oxygens (including phenoxy) is 1. The Morgan fingerprint density at radius 2 is 2.24 bits per heavy atom. The van der Waals surface area contributed by atoms with Crippen LogP contribution < -0.4 is 15.4 Å². The largest absolute Gasteiger partial charge is 0.482 e. The molecule has 4 nitrogen and oxygen atoms in total. The molecule has 1 amide bonds. The van der Waals surface area contributed by atoms with Crippen LogP contribution in [0.4, 0.5) is 5.69 Å². The van der Waals surface area contributed by atoms with E-state index in [9.17, 15) is 4.79 Å². The molecule has 5 heteroatoms. The van der Waals surface area contributed by atoms with Gasteiger partial charge in [-0.15, -0.1) is 11.3 Å². The minimum absolute atomic E-state index is 0.0899. The molecule has 0 aliphatic carbocycles. The van der Waals surface area contributed by atoms with Crippen molar-refractivity contribution in [1.29, 1.82) is 0 Å². The molecule has 1 aromatic carbocycles. The van der Waals surface area contributed by atoms with Gasteiger partial charge in [0.1, 0.15) is 5.75 Å². The highest BCUT2D eigenvalue weighted by Crippen LogP contribution is 2.34. The van der Waals surface area contributed by atoms with Crippen molar-refractivity contribution in [3.63, 3.8) is 0 Å². The zero-order valence-electron chi connectivity index (χ0n) is 12.1. The van der Waals surface area contributed by atoms with Gasteiger partial charge in [0.25, 0.3) is 5.91 Å². The average molecular weight is 302 g/mol. The number of rotatable bonds is 4. The van der Waals surface area contributed by atoms with Crippen molar-refractivity contribution in [2.24, 2.45) is 0 Å². The number of fused-ring (bicyclic) bond motifs is 1. The molecule has 21 heavy (non-hydrogen) atoms. The number of hydrogen-bond acceptors (Lipinski definition) is 4. The van der Waals surface area contributed by atoms with Crippen LogP contribution in [0.5, 0.6) is 5.75 Å². The molecule has 110 valence electrons. The van der Waals surface area contributed by atoms with Crippen molar-refractivity contribution in [2.75, 3.05) is 19.0 Å². The maximum Gasteiger partial charge on any atom is 0.262 e. The number of carbonyl (C=O) groups is 1. The number of aryl methyl sites for hydroxylation is 1. The molecular weight excluding hydrogens is 284 g/mol. The number of anilines is 1. The van der Waals surface area contributed by atoms with E-state index in [4.69, 9.17) is 4.74 Å². The van der Waals surface area contributed by atoms with Crippen molar-refractivity contribution in [3.05, 3.63) is 45.6 Å². The average Bonchev–Trinajstić information content (AvgIpc) is 2.96. The smallest absolute Gasteiger partial charge is 0.262 e. The molecule has 0 radical (unpaired) electrons. The highest BCUT2D eigenvalue weighted by molar-refractivity contribution is 7.12. The Morgan fingerprint density at radius 1 is 1.38 bits per heavy atom. The van der Waals surface area contributed by atoms with E-state index >= 15 is 0 Å². The van der Waals surface area contributed by atoms with Gasteiger partial charge in [0.15, 0.2) is 6.61 Å². The number of hydrogen-bond donors (Lipinski definition) is 2. The van der Waals surface area contributed by atoms with Gasteiger partial charge >= 0.3 is 0 Å². The van der Waals surface area contributed by atoms with Gasteiger partial charge in [0.05, 0.1) is 11.7 Å². The van der Waals surface area contributed by atoms with Crippen LogP contribution in [-0.4, -0.2) is 19.6 Å². The predicted molar refractivity (Wildman–Crippen MR) is 85.2 cm³/mol. The number of benzene rings is 1. The van der Waals surface area contributed by atoms with Crippen molar-refractivity contribution in [3.8, 4) is 5.75 Å². The topological polar surface area (TPSA) is 50.4 Å². The summed E-state index contributed by atoms with van der Waals surface area (Å²) in [6, 6.07) is 10.4. The van der Waals surface area contributed by atoms with Crippen LogP contribution in [0.25, 0.3) is 0 Å². The molecule has 0 bridgehead atoms. The highest BCUT2D eigenvalue weighted by atomic mass is 32.1. The van der Waals surface area contributed by atoms with E-state index in [0.717, 1.165) is 23.4 Å². The van der Waals surface area contributed by atoms with Crippen LogP contribution in [0.2, 0.25) is 0 Å². The summed E-state index contributed by atoms with van der Waals surface area (Å²) >= 11 is 1.82. The first kappa shape index (κ1) is 14.1. The monoisotopic (exact) mass is 302 g/mol. The first-order valence-electron chi connectivity index (χ1n) is 7.03. The molecule has 0 spiro atoms. The van der Waals surface area contributed by atoms with E-state index < -0.39 is 0 Å². The van der Waals surface area contributed by atoms with Gasteiger partial charge in [0, 0.05) is 9.75 Å². The van der Waals surface area contributed by atoms with Crippen LogP contribution in [0, 0.1) is 0 Å². The third-order valence-corrected chi connectivity index (χ3v) is 4.87. The summed E-state index contributed by atoms with van der Waals surface area (Å²) in [5.41, 5.74) is 1.86. The summed E-state index contributed by atoms with van der Waals surface area (Å²) in [7, 11) is 1.95. The van der Waals surface area contributed by atoms with Gasteiger partial charge in [-0.1, -0.05) is 13.0 Å². The second-order valence-corrected chi connectivity index (χ2v) is 6.17. The lowest BCUT2D eigenvalue weighted by molar-refractivity contribution is -0.118. The number of amides is 1. The van der Waals surface area contributed by atoms with Crippen molar-refractivity contribution in [1.82, 2.24) is 5.32 Å². The first-order chi connectivity index (χ1) is 10.2. The summed E-state index contributed by atoms with van der Waals surface area (Å²) in [5, 5.41) is 6.21. The molecule has 1 unspecified atom stereocenters. The van der Waals surface area contributed by atoms with Gasteiger partial charge in [0.2, 0.25) is 0 Å². The highest BCUT2D eigenvalue weighted by Gasteiger charge is 2.20. The molecule has 1 aliphatic heterocycles. The van der Waals surface area contributed by atoms with Crippen molar-refractivity contribution < 1.29 is 9.53 Å². The number of carbonyl (C=O) groups excluding carboxylic acids is 1. The van der Waals surface area contributed by atoms with Crippen LogP contribution in [0.1, 0.15) is 28.3 Å². The van der Waals surface area contributed by atoms with Crippen molar-refractivity contribution >= 4 is 22.9 Å². The summed E-state index contributed by atoms with van der Waals surface area (Å²) in [4.78, 5) is 14.1. The van der Waals surface area contributed by atoms with Gasteiger partial charge in [-0.05, 0) is 43.3 Å². The molecule has 2 N–H and O–H groups in total. The van der Waals surface area contributed by atoms with Gasteiger partial charge < -0.3 is 15.4 Å². The fraction of sp³-hybridized carbons (Fsp3) is 0.312. The fourth-order valence-corrected chi connectivity index (χ4v) is 3.58. The van der Waals surface area contributed by atoms with Crippen LogP contribution in [0.15, 0.2) is 30.3 Å². The zero-order valence-corrected chi connectivity index (χ0v) is 12.9. The van der Waals surface area contributed by atoms with E-state index in [1.807, 2.05) is 36.6 Å². The Kier molecular flexibility index (Phi) is 3.94. The normalized spacial score (nSPS) is 15.0. The Labute approximate surface area is 128 Å². The van der Waals surface area contributed by atoms with E-state index in [0.29, 0.717) is 0 Å². The molecule has 2 heterocycles. The minimum Gasteiger partial charge on any atom is -0.482 e. The van der Waals surface area contributed by atoms with Gasteiger partial charge in [-0.2, -0.15) is 0 Å². The molecule has 2 aromatic rings. The molecule has 1 aromatic heterocycles. The molecule has 0 saturated heterocycles. The second-order valence-electron chi connectivity index (χ2n) is 4.97. The molecule has 3 rings (SSSR count). The number of thiophene rings is 1. The Balaban J connectivity index is 1.94. The minimum atomic E-state index is -0.106. The lowest BCUT2D eigenvalue weighted by Crippen LogP contribution is -2.26. The predicted octanol–water partition coefficient (Wildman–Crippen LogP) is 2.95. The maximum atomic E-state index is 11.4. The van der Waals surface area contributed by atoms with Gasteiger partial charge in [-0.25, -0.2) is 0 Å². The SMILES string of the molecule is CCc1ccc(C(NC)c2ccc3c(c2)NC(=O)CO3)s1. The lowest BCUT2D eigenvalue weighted by atomic mass is 10.0. The number of nitrogens with one attached hydrogen (secondary N) is 2. The van der Waals surface area contributed by atoms with E-state index in [1.54, 1.807) is 0 Å².